The molecule has 4 nitrogen and oxygen atoms in total. The number of nitrogens with one attached hydrogen (secondary N) is 3. The molecule has 1 aliphatic rings. The zero-order chi connectivity index (χ0) is 13.4. The van der Waals surface area contributed by atoms with Gasteiger partial charge in [-0.15, -0.1) is 24.8 Å². The fourth-order valence-corrected chi connectivity index (χ4v) is 2.77. The molecular weight excluding hydrogens is 307 g/mol. The second-order valence-electron chi connectivity index (χ2n) is 5.20. The quantitative estimate of drug-likeness (QED) is 0.793. The van der Waals surface area contributed by atoms with Gasteiger partial charge < -0.3 is 5.32 Å². The Bertz CT molecular complexity index is 625. The number of rotatable bonds is 2. The van der Waals surface area contributed by atoms with Crippen molar-refractivity contribution in [2.24, 2.45) is 0 Å². The number of hydrogen-bond donors (Lipinski definition) is 3. The third-order valence-electron chi connectivity index (χ3n) is 3.79. The summed E-state index contributed by atoms with van der Waals surface area (Å²) < 4.78 is 0. The molecule has 1 aromatic heterocycles. The normalized spacial score (nSPS) is 14.6. The molecule has 0 amide bonds. The molecule has 2 heterocycles. The van der Waals surface area contributed by atoms with Gasteiger partial charge >= 0.3 is 0 Å². The van der Waals surface area contributed by atoms with E-state index < -0.39 is 0 Å². The summed E-state index contributed by atoms with van der Waals surface area (Å²) in [6.45, 7) is 8.43. The Kier molecular flexibility index (Phi) is 6.23. The Hall–Kier alpha value is -1.07. The van der Waals surface area contributed by atoms with Crippen molar-refractivity contribution in [2.75, 3.05) is 18.4 Å². The van der Waals surface area contributed by atoms with Crippen LogP contribution in [0.5, 0.6) is 0 Å². The second-order valence-corrected chi connectivity index (χ2v) is 5.20. The summed E-state index contributed by atoms with van der Waals surface area (Å²) in [6, 6.07) is 4.26. The molecule has 0 radical (unpaired) electrons. The summed E-state index contributed by atoms with van der Waals surface area (Å²) in [5.41, 5.74) is 6.04. The largest absolute Gasteiger partial charge is 0.357 e. The Morgan fingerprint density at radius 3 is 2.43 bits per heavy atom. The number of benzene rings is 1. The van der Waals surface area contributed by atoms with Crippen molar-refractivity contribution >= 4 is 41.4 Å². The van der Waals surface area contributed by atoms with Gasteiger partial charge in [-0.05, 0) is 49.6 Å². The van der Waals surface area contributed by atoms with Gasteiger partial charge in [0.05, 0.1) is 5.52 Å². The lowest BCUT2D eigenvalue weighted by Crippen LogP contribution is -2.39. The van der Waals surface area contributed by atoms with E-state index in [-0.39, 0.29) is 31.1 Å². The molecule has 3 N–H and O–H groups in total. The molecule has 0 unspecified atom stereocenters. The molecule has 3 rings (SSSR count). The minimum absolute atomic E-state index is 0. The van der Waals surface area contributed by atoms with E-state index in [0.29, 0.717) is 0 Å². The first kappa shape index (κ1) is 18.0. The summed E-state index contributed by atoms with van der Waals surface area (Å²) in [7, 11) is 0. The fourth-order valence-electron chi connectivity index (χ4n) is 2.77. The van der Waals surface area contributed by atoms with Crippen molar-refractivity contribution in [1.29, 1.82) is 0 Å². The van der Waals surface area contributed by atoms with E-state index in [9.17, 15) is 0 Å². The Morgan fingerprint density at radius 2 is 1.76 bits per heavy atom. The first-order chi connectivity index (χ1) is 9.16. The van der Waals surface area contributed by atoms with Gasteiger partial charge in [-0.25, -0.2) is 0 Å². The molecule has 0 saturated carbocycles. The Morgan fingerprint density at radius 1 is 1.10 bits per heavy atom. The van der Waals surface area contributed by atoms with Crippen molar-refractivity contribution in [3.8, 4) is 0 Å². The molecule has 1 aromatic carbocycles. The van der Waals surface area contributed by atoms with E-state index in [0.717, 1.165) is 18.6 Å². The molecule has 0 atom stereocenters. The van der Waals surface area contributed by atoms with Gasteiger partial charge in [-0.2, -0.15) is 0 Å². The summed E-state index contributed by atoms with van der Waals surface area (Å²) in [6.07, 6.45) is 2.05. The highest BCUT2D eigenvalue weighted by atomic mass is 35.5. The number of aryl methyl sites for hydroxylation is 3. The minimum Gasteiger partial charge on any atom is -0.357 e. The van der Waals surface area contributed by atoms with Crippen molar-refractivity contribution in [1.82, 2.24) is 15.6 Å². The highest BCUT2D eigenvalue weighted by Crippen LogP contribution is 2.29. The summed E-state index contributed by atoms with van der Waals surface area (Å²) >= 11 is 0. The molecule has 0 spiro atoms. The summed E-state index contributed by atoms with van der Waals surface area (Å²) in [5.74, 6) is 0. The molecule has 0 aliphatic carbocycles. The fraction of sp³-hybridized carbons (Fsp3) is 0.400. The summed E-state index contributed by atoms with van der Waals surface area (Å²) in [5, 5.41) is 11.5. The lowest BCUT2D eigenvalue weighted by Gasteiger charge is -2.19. The molecule has 1 aliphatic heterocycles. The first-order valence-electron chi connectivity index (χ1n) is 6.75. The predicted molar refractivity (Wildman–Crippen MR) is 93.9 cm³/mol. The number of anilines is 1. The number of aromatic nitrogens is 1. The number of fused-ring (bicyclic) bond motifs is 1. The van der Waals surface area contributed by atoms with Crippen LogP contribution in [0.3, 0.4) is 0 Å². The molecule has 1 saturated heterocycles. The maximum absolute atomic E-state index is 4.52. The van der Waals surface area contributed by atoms with Crippen LogP contribution in [0.15, 0.2) is 18.3 Å². The van der Waals surface area contributed by atoms with Crippen molar-refractivity contribution < 1.29 is 0 Å². The molecule has 21 heavy (non-hydrogen) atoms. The van der Waals surface area contributed by atoms with E-state index in [1.165, 1.54) is 27.8 Å². The van der Waals surface area contributed by atoms with Crippen LogP contribution in [-0.4, -0.2) is 24.4 Å². The average molecular weight is 329 g/mol. The highest BCUT2D eigenvalue weighted by Gasteiger charge is 2.15. The van der Waals surface area contributed by atoms with Crippen LogP contribution in [0, 0.1) is 20.8 Å². The van der Waals surface area contributed by atoms with Crippen LogP contribution in [-0.2, 0) is 0 Å². The third kappa shape index (κ3) is 3.40. The number of halogens is 2. The monoisotopic (exact) mass is 328 g/mol. The standard InChI is InChI=1S/C15H20N4.2ClH/c1-9-4-5-16-14-10(2)8-12(11(3)13(9)14)19-15-17-6-7-18-15;;/h4-5,8,15,17-19H,6-7H2,1-3H3;2*1H. The minimum atomic E-state index is 0. The number of hydrogen-bond acceptors (Lipinski definition) is 4. The van der Waals surface area contributed by atoms with Crippen LogP contribution in [0.4, 0.5) is 5.69 Å². The van der Waals surface area contributed by atoms with Gasteiger partial charge in [0.1, 0.15) is 6.29 Å². The summed E-state index contributed by atoms with van der Waals surface area (Å²) in [4.78, 5) is 4.52. The van der Waals surface area contributed by atoms with E-state index >= 15 is 0 Å². The van der Waals surface area contributed by atoms with E-state index in [2.05, 4.69) is 53.8 Å². The van der Waals surface area contributed by atoms with Gasteiger partial charge in [-0.3, -0.25) is 15.6 Å². The van der Waals surface area contributed by atoms with Crippen LogP contribution < -0.4 is 16.0 Å². The molecule has 116 valence electrons. The number of nitrogens with zero attached hydrogens (tertiary/aromatic N) is 1. The van der Waals surface area contributed by atoms with Crippen LogP contribution >= 0.6 is 24.8 Å². The smallest absolute Gasteiger partial charge is 0.132 e. The first-order valence-corrected chi connectivity index (χ1v) is 6.75. The second kappa shape index (κ2) is 7.27. The lowest BCUT2D eigenvalue weighted by molar-refractivity contribution is 0.620. The van der Waals surface area contributed by atoms with E-state index in [1.54, 1.807) is 0 Å². The topological polar surface area (TPSA) is 49.0 Å². The maximum Gasteiger partial charge on any atom is 0.132 e. The van der Waals surface area contributed by atoms with E-state index in [4.69, 9.17) is 0 Å². The van der Waals surface area contributed by atoms with Crippen molar-refractivity contribution in [3.05, 3.63) is 35.0 Å². The average Bonchev–Trinajstić information content (AvgIpc) is 2.88. The molecule has 0 bridgehead atoms. The SMILES string of the molecule is Cc1cc(NC2NCCN2)c(C)c2c(C)ccnc12.Cl.Cl. The van der Waals surface area contributed by atoms with Crippen LogP contribution in [0.1, 0.15) is 16.7 Å². The highest BCUT2D eigenvalue weighted by molar-refractivity contribution is 5.92. The zero-order valence-electron chi connectivity index (χ0n) is 12.5. The van der Waals surface area contributed by atoms with Crippen LogP contribution in [0.25, 0.3) is 10.9 Å². The molecule has 6 heteroatoms. The van der Waals surface area contributed by atoms with Gasteiger partial charge in [0.15, 0.2) is 0 Å². The van der Waals surface area contributed by atoms with E-state index in [1.807, 2.05) is 6.20 Å². The van der Waals surface area contributed by atoms with Gasteiger partial charge in [0.2, 0.25) is 0 Å². The Balaban J connectivity index is 0.00000110. The van der Waals surface area contributed by atoms with Gasteiger partial charge in [0.25, 0.3) is 0 Å². The number of pyridine rings is 1. The maximum atomic E-state index is 4.52. The van der Waals surface area contributed by atoms with Crippen molar-refractivity contribution in [2.45, 2.75) is 27.1 Å². The Labute approximate surface area is 137 Å². The van der Waals surface area contributed by atoms with Crippen LogP contribution in [0.2, 0.25) is 0 Å². The van der Waals surface area contributed by atoms with Gasteiger partial charge in [-0.1, -0.05) is 0 Å². The molecular formula is C15H22Cl2N4. The van der Waals surface area contributed by atoms with Crippen molar-refractivity contribution in [3.63, 3.8) is 0 Å². The molecule has 1 fully saturated rings. The lowest BCUT2D eigenvalue weighted by atomic mass is 10.00. The third-order valence-corrected chi connectivity index (χ3v) is 3.79. The zero-order valence-corrected chi connectivity index (χ0v) is 14.1. The van der Waals surface area contributed by atoms with Gasteiger partial charge in [0, 0.05) is 30.4 Å². The molecule has 2 aromatic rings. The predicted octanol–water partition coefficient (Wildman–Crippen LogP) is 2.89.